The van der Waals surface area contributed by atoms with Crippen molar-refractivity contribution in [1.82, 2.24) is 4.57 Å². The molecule has 0 fully saturated rings. The monoisotopic (exact) mass is 551 g/mol. The Bertz CT molecular complexity index is 1620. The lowest BCUT2D eigenvalue weighted by molar-refractivity contribution is -0.136. The number of nitrogens with two attached hydrogens (primary N) is 1. The molecule has 0 radical (unpaired) electrons. The third-order valence-electron chi connectivity index (χ3n) is 5.20. The minimum absolute atomic E-state index is 0.0771. The molecular formula is C23H13Cl4N3O3S. The number of nitrogens with zero attached hydrogens (tertiary/aromatic N) is 2. The third kappa shape index (κ3) is 4.13. The normalized spacial score (nSPS) is 15.8. The van der Waals surface area contributed by atoms with Gasteiger partial charge in [0.1, 0.15) is 10.5 Å². The highest BCUT2D eigenvalue weighted by atomic mass is 35.5. The second kappa shape index (κ2) is 9.49. The van der Waals surface area contributed by atoms with E-state index < -0.39 is 17.4 Å². The second-order valence-corrected chi connectivity index (χ2v) is 9.85. The summed E-state index contributed by atoms with van der Waals surface area (Å²) in [6.45, 7) is 0. The third-order valence-corrected chi connectivity index (χ3v) is 7.43. The van der Waals surface area contributed by atoms with E-state index in [9.17, 15) is 14.9 Å². The molecule has 3 aromatic rings. The van der Waals surface area contributed by atoms with E-state index in [0.717, 1.165) is 15.9 Å². The number of aromatic nitrogens is 1. The van der Waals surface area contributed by atoms with Crippen LogP contribution in [-0.4, -0.2) is 17.6 Å². The summed E-state index contributed by atoms with van der Waals surface area (Å²) >= 11 is 25.7. The number of fused-ring (bicyclic) bond motifs is 1. The Balaban J connectivity index is 2.10. The molecule has 1 unspecified atom stereocenters. The molecule has 0 saturated heterocycles. The van der Waals surface area contributed by atoms with Crippen LogP contribution in [0.4, 0.5) is 0 Å². The summed E-state index contributed by atoms with van der Waals surface area (Å²) < 4.78 is 6.58. The van der Waals surface area contributed by atoms with Crippen LogP contribution in [0.2, 0.25) is 20.1 Å². The highest BCUT2D eigenvalue weighted by Crippen LogP contribution is 2.40. The first-order valence-corrected chi connectivity index (χ1v) is 11.9. The van der Waals surface area contributed by atoms with Crippen LogP contribution >= 0.6 is 57.7 Å². The number of methoxy groups -OCH3 is 1. The van der Waals surface area contributed by atoms with Gasteiger partial charge in [-0.2, -0.15) is 5.26 Å². The first-order chi connectivity index (χ1) is 16.2. The van der Waals surface area contributed by atoms with Gasteiger partial charge < -0.3 is 10.5 Å². The van der Waals surface area contributed by atoms with E-state index in [1.54, 1.807) is 36.4 Å². The number of carbonyl (C=O) groups is 1. The molecule has 0 aliphatic carbocycles. The Morgan fingerprint density at radius 3 is 2.38 bits per heavy atom. The second-order valence-electron chi connectivity index (χ2n) is 7.14. The number of rotatable bonds is 3. The fraction of sp³-hybridized carbons (Fsp3) is 0.0870. The smallest absolute Gasteiger partial charge is 0.338 e. The average molecular weight is 553 g/mol. The molecule has 6 nitrogen and oxygen atoms in total. The molecule has 0 bridgehead atoms. The Morgan fingerprint density at radius 1 is 1.15 bits per heavy atom. The molecule has 1 aromatic heterocycles. The highest BCUT2D eigenvalue weighted by Gasteiger charge is 2.37. The van der Waals surface area contributed by atoms with Gasteiger partial charge in [-0.1, -0.05) is 58.5 Å². The SMILES string of the molecule is COC(=O)C1=C(N)n2c(sc(=Cc3ccc(Cl)cc3Cl)c2=O)=C(C#N)C1c1ccc(Cl)cc1Cl. The number of halogens is 4. The maximum absolute atomic E-state index is 13.3. The minimum Gasteiger partial charge on any atom is -0.466 e. The van der Waals surface area contributed by atoms with Crippen LogP contribution in [0.3, 0.4) is 0 Å². The van der Waals surface area contributed by atoms with E-state index in [0.29, 0.717) is 26.2 Å². The molecule has 1 aliphatic heterocycles. The van der Waals surface area contributed by atoms with Crippen LogP contribution in [0.25, 0.3) is 17.5 Å². The van der Waals surface area contributed by atoms with Gasteiger partial charge in [-0.15, -0.1) is 11.3 Å². The van der Waals surface area contributed by atoms with Crippen LogP contribution < -0.4 is 20.5 Å². The number of thiazole rings is 1. The first kappa shape index (κ1) is 24.4. The Morgan fingerprint density at radius 2 is 1.79 bits per heavy atom. The van der Waals surface area contributed by atoms with Crippen molar-refractivity contribution in [1.29, 1.82) is 5.26 Å². The van der Waals surface area contributed by atoms with Gasteiger partial charge in [-0.05, 0) is 41.5 Å². The van der Waals surface area contributed by atoms with Gasteiger partial charge in [0.25, 0.3) is 5.56 Å². The Labute approximate surface area is 217 Å². The summed E-state index contributed by atoms with van der Waals surface area (Å²) in [6, 6.07) is 11.7. The fourth-order valence-electron chi connectivity index (χ4n) is 3.67. The van der Waals surface area contributed by atoms with E-state index >= 15 is 0 Å². The molecule has 2 aromatic carbocycles. The summed E-state index contributed by atoms with van der Waals surface area (Å²) in [4.78, 5) is 26.1. The number of benzene rings is 2. The predicted molar refractivity (Wildman–Crippen MR) is 136 cm³/mol. The molecule has 1 atom stereocenters. The van der Waals surface area contributed by atoms with Gasteiger partial charge in [0, 0.05) is 20.1 Å². The van der Waals surface area contributed by atoms with Crippen molar-refractivity contribution < 1.29 is 9.53 Å². The molecule has 1 aliphatic rings. The van der Waals surface area contributed by atoms with E-state index in [1.807, 2.05) is 0 Å². The average Bonchev–Trinajstić information content (AvgIpc) is 3.11. The minimum atomic E-state index is -0.966. The van der Waals surface area contributed by atoms with Gasteiger partial charge in [0.2, 0.25) is 0 Å². The molecule has 2 N–H and O–H groups in total. The maximum atomic E-state index is 13.3. The van der Waals surface area contributed by atoms with E-state index in [2.05, 4.69) is 6.07 Å². The van der Waals surface area contributed by atoms with E-state index in [4.69, 9.17) is 56.9 Å². The number of hydrogen-bond donors (Lipinski definition) is 1. The maximum Gasteiger partial charge on any atom is 0.338 e. The molecule has 4 rings (SSSR count). The van der Waals surface area contributed by atoms with Crippen LogP contribution in [0.5, 0.6) is 0 Å². The van der Waals surface area contributed by atoms with E-state index in [1.165, 1.54) is 13.2 Å². The lowest BCUT2D eigenvalue weighted by atomic mass is 9.84. The predicted octanol–water partition coefficient (Wildman–Crippen LogP) is 4.12. The van der Waals surface area contributed by atoms with Crippen molar-refractivity contribution in [3.63, 3.8) is 0 Å². The van der Waals surface area contributed by atoms with Crippen molar-refractivity contribution in [2.45, 2.75) is 5.92 Å². The summed E-state index contributed by atoms with van der Waals surface area (Å²) in [5.74, 6) is -1.91. The summed E-state index contributed by atoms with van der Waals surface area (Å²) in [5.41, 5.74) is 6.84. The van der Waals surface area contributed by atoms with E-state index in [-0.39, 0.29) is 31.2 Å². The topological polar surface area (TPSA) is 98.1 Å². The van der Waals surface area contributed by atoms with Crippen LogP contribution in [-0.2, 0) is 9.53 Å². The molecule has 0 amide bonds. The molecular weight excluding hydrogens is 540 g/mol. The number of carbonyl (C=O) groups excluding carboxylic acids is 1. The van der Waals surface area contributed by atoms with Crippen LogP contribution in [0.1, 0.15) is 17.0 Å². The number of hydrogen-bond acceptors (Lipinski definition) is 6. The number of nitriles is 1. The quantitative estimate of drug-likeness (QED) is 0.493. The van der Waals surface area contributed by atoms with Gasteiger partial charge in [0.15, 0.2) is 0 Å². The number of esters is 1. The molecule has 172 valence electrons. The molecule has 0 spiro atoms. The zero-order chi connectivity index (χ0) is 24.7. The van der Waals surface area contributed by atoms with Crippen molar-refractivity contribution >= 4 is 81.2 Å². The Hall–Kier alpha value is -2.73. The van der Waals surface area contributed by atoms with Gasteiger partial charge in [-0.25, -0.2) is 4.79 Å². The standard InChI is InChI=1S/C23H13Cl4N3O3S/c1-33-23(32)19-18(13-5-4-12(25)8-16(13)27)14(9-28)22-30(20(19)29)21(31)17(34-22)6-10-2-3-11(24)7-15(10)26/h2-8,18H,29H2,1H3. The lowest BCUT2D eigenvalue weighted by Gasteiger charge is -2.25. The van der Waals surface area contributed by atoms with Crippen molar-refractivity contribution in [3.05, 3.63) is 92.7 Å². The van der Waals surface area contributed by atoms with Crippen molar-refractivity contribution in [3.8, 4) is 6.07 Å². The Kier molecular flexibility index (Phi) is 6.81. The molecule has 11 heteroatoms. The first-order valence-electron chi connectivity index (χ1n) is 9.54. The van der Waals surface area contributed by atoms with Crippen LogP contribution in [0.15, 0.2) is 46.8 Å². The van der Waals surface area contributed by atoms with Gasteiger partial charge in [0.05, 0.1) is 34.8 Å². The highest BCUT2D eigenvalue weighted by molar-refractivity contribution is 7.07. The summed E-state index contributed by atoms with van der Waals surface area (Å²) in [7, 11) is 1.18. The zero-order valence-electron chi connectivity index (χ0n) is 17.2. The fourth-order valence-corrected chi connectivity index (χ4v) is 5.77. The molecule has 0 saturated carbocycles. The lowest BCUT2D eigenvalue weighted by Crippen LogP contribution is -2.40. The van der Waals surface area contributed by atoms with Gasteiger partial charge >= 0.3 is 5.97 Å². The van der Waals surface area contributed by atoms with Crippen molar-refractivity contribution in [2.75, 3.05) is 7.11 Å². The van der Waals surface area contributed by atoms with Gasteiger partial charge in [-0.3, -0.25) is 9.36 Å². The largest absolute Gasteiger partial charge is 0.466 e. The van der Waals surface area contributed by atoms with Crippen LogP contribution in [0, 0.1) is 11.3 Å². The molecule has 34 heavy (non-hydrogen) atoms. The molecule has 2 heterocycles. The zero-order valence-corrected chi connectivity index (χ0v) is 21.1. The number of ether oxygens (including phenoxy) is 1. The summed E-state index contributed by atoms with van der Waals surface area (Å²) in [5, 5.41) is 11.5. The van der Waals surface area contributed by atoms with Crippen molar-refractivity contribution in [2.24, 2.45) is 5.73 Å². The summed E-state index contributed by atoms with van der Waals surface area (Å²) in [6.07, 6.45) is 1.57.